The van der Waals surface area contributed by atoms with Crippen molar-refractivity contribution in [3.8, 4) is 0 Å². The molecule has 1 unspecified atom stereocenters. The number of nitrogens with one attached hydrogen (secondary N) is 2. The van der Waals surface area contributed by atoms with Crippen molar-refractivity contribution in [3.63, 3.8) is 0 Å². The fourth-order valence-electron chi connectivity index (χ4n) is 3.97. The summed E-state index contributed by atoms with van der Waals surface area (Å²) in [6.45, 7) is 7.85. The minimum atomic E-state index is -3.50. The van der Waals surface area contributed by atoms with Crippen LogP contribution in [0.1, 0.15) is 45.1 Å². The number of ether oxygens (including phenoxy) is 1. The molecule has 9 heteroatoms. The average Bonchev–Trinajstić information content (AvgIpc) is 2.69. The van der Waals surface area contributed by atoms with Gasteiger partial charge in [-0.1, -0.05) is 32.4 Å². The minimum absolute atomic E-state index is 0. The van der Waals surface area contributed by atoms with Gasteiger partial charge in [-0.05, 0) is 42.4 Å². The SMILES string of the molecule is CCCC1(C)CCCN(C(=NC)NCc2ccc(S(=O)(=O)NCCOC)cc2)C1.I. The van der Waals surface area contributed by atoms with E-state index >= 15 is 0 Å². The molecule has 1 heterocycles. The summed E-state index contributed by atoms with van der Waals surface area (Å²) in [5.74, 6) is 0.907. The molecule has 1 aliphatic rings. The molecule has 0 bridgehead atoms. The molecule has 172 valence electrons. The molecule has 1 saturated heterocycles. The van der Waals surface area contributed by atoms with Gasteiger partial charge in [0.25, 0.3) is 0 Å². The number of piperidine rings is 1. The molecule has 2 rings (SSSR count). The number of benzene rings is 1. The van der Waals surface area contributed by atoms with E-state index < -0.39 is 10.0 Å². The maximum absolute atomic E-state index is 12.2. The van der Waals surface area contributed by atoms with E-state index in [1.54, 1.807) is 12.1 Å². The van der Waals surface area contributed by atoms with Gasteiger partial charge in [0.1, 0.15) is 0 Å². The molecule has 0 aliphatic carbocycles. The molecule has 0 amide bonds. The first-order valence-corrected chi connectivity index (χ1v) is 11.8. The standard InChI is InChI=1S/C21H36N4O3S.HI/c1-5-11-21(2)12-6-14-25(17-21)20(22-3)23-16-18-7-9-19(10-8-18)29(26,27)24-13-15-28-4;/h7-10,24H,5-6,11-17H2,1-4H3,(H,22,23);1H. The highest BCUT2D eigenvalue weighted by Gasteiger charge is 2.31. The van der Waals surface area contributed by atoms with Crippen molar-refractivity contribution in [2.24, 2.45) is 10.4 Å². The van der Waals surface area contributed by atoms with Crippen LogP contribution in [0, 0.1) is 5.41 Å². The van der Waals surface area contributed by atoms with E-state index in [1.807, 2.05) is 19.2 Å². The highest BCUT2D eigenvalue weighted by atomic mass is 127. The van der Waals surface area contributed by atoms with Crippen LogP contribution in [0.5, 0.6) is 0 Å². The van der Waals surface area contributed by atoms with Crippen LogP contribution in [0.2, 0.25) is 0 Å². The van der Waals surface area contributed by atoms with Gasteiger partial charge in [0.2, 0.25) is 10.0 Å². The van der Waals surface area contributed by atoms with Crippen LogP contribution < -0.4 is 10.0 Å². The molecule has 30 heavy (non-hydrogen) atoms. The van der Waals surface area contributed by atoms with Gasteiger partial charge in [0.15, 0.2) is 5.96 Å². The average molecular weight is 553 g/mol. The summed E-state index contributed by atoms with van der Waals surface area (Å²) in [6, 6.07) is 6.94. The fraction of sp³-hybridized carbons (Fsp3) is 0.667. The summed E-state index contributed by atoms with van der Waals surface area (Å²) in [7, 11) is -0.148. The van der Waals surface area contributed by atoms with Crippen LogP contribution in [0.3, 0.4) is 0 Å². The lowest BCUT2D eigenvalue weighted by atomic mass is 9.78. The van der Waals surface area contributed by atoms with E-state index in [4.69, 9.17) is 4.74 Å². The zero-order valence-corrected chi connectivity index (χ0v) is 21.8. The first-order chi connectivity index (χ1) is 13.8. The molecule has 1 aromatic rings. The van der Waals surface area contributed by atoms with E-state index in [0.29, 0.717) is 18.6 Å². The summed E-state index contributed by atoms with van der Waals surface area (Å²) in [4.78, 5) is 7.07. The van der Waals surface area contributed by atoms with Gasteiger partial charge in [-0.15, -0.1) is 24.0 Å². The Kier molecular flexibility index (Phi) is 11.6. The van der Waals surface area contributed by atoms with Crippen molar-refractivity contribution < 1.29 is 13.2 Å². The highest BCUT2D eigenvalue weighted by molar-refractivity contribution is 14.0. The molecule has 0 saturated carbocycles. The largest absolute Gasteiger partial charge is 0.383 e. The van der Waals surface area contributed by atoms with Gasteiger partial charge in [-0.25, -0.2) is 13.1 Å². The maximum atomic E-state index is 12.2. The van der Waals surface area contributed by atoms with Gasteiger partial charge in [-0.2, -0.15) is 0 Å². The Balaban J connectivity index is 0.00000450. The smallest absolute Gasteiger partial charge is 0.240 e. The Labute approximate surface area is 199 Å². The summed E-state index contributed by atoms with van der Waals surface area (Å²) >= 11 is 0. The number of sulfonamides is 1. The van der Waals surface area contributed by atoms with Crippen LogP contribution in [0.4, 0.5) is 0 Å². The number of aliphatic imine (C=N–C) groups is 1. The monoisotopic (exact) mass is 552 g/mol. The van der Waals surface area contributed by atoms with Gasteiger partial charge >= 0.3 is 0 Å². The van der Waals surface area contributed by atoms with Gasteiger partial charge < -0.3 is 15.0 Å². The topological polar surface area (TPSA) is 83.0 Å². The quantitative estimate of drug-likeness (QED) is 0.213. The molecule has 1 fully saturated rings. The summed E-state index contributed by atoms with van der Waals surface area (Å²) in [6.07, 6.45) is 4.88. The van der Waals surface area contributed by atoms with Crippen molar-refractivity contribution in [2.75, 3.05) is 40.4 Å². The van der Waals surface area contributed by atoms with Crippen LogP contribution in [-0.2, 0) is 21.3 Å². The molecule has 2 N–H and O–H groups in total. The number of hydrogen-bond acceptors (Lipinski definition) is 4. The number of methoxy groups -OCH3 is 1. The minimum Gasteiger partial charge on any atom is -0.383 e. The number of guanidine groups is 1. The number of nitrogens with zero attached hydrogens (tertiary/aromatic N) is 2. The molecular formula is C21H37IN4O3S. The number of hydrogen-bond donors (Lipinski definition) is 2. The second-order valence-electron chi connectivity index (χ2n) is 8.02. The number of halogens is 1. The van der Waals surface area contributed by atoms with Crippen molar-refractivity contribution in [1.29, 1.82) is 0 Å². The molecule has 7 nitrogen and oxygen atoms in total. The fourth-order valence-corrected chi connectivity index (χ4v) is 4.98. The maximum Gasteiger partial charge on any atom is 0.240 e. The number of rotatable bonds is 9. The molecular weight excluding hydrogens is 515 g/mol. The Bertz CT molecular complexity index is 767. The second-order valence-corrected chi connectivity index (χ2v) is 9.79. The third-order valence-electron chi connectivity index (χ3n) is 5.43. The Hall–Kier alpha value is -0.910. The predicted molar refractivity (Wildman–Crippen MR) is 133 cm³/mol. The zero-order valence-electron chi connectivity index (χ0n) is 18.6. The van der Waals surface area contributed by atoms with Gasteiger partial charge in [-0.3, -0.25) is 4.99 Å². The van der Waals surface area contributed by atoms with E-state index in [2.05, 4.69) is 33.8 Å². The highest BCUT2D eigenvalue weighted by Crippen LogP contribution is 2.33. The first kappa shape index (κ1) is 27.1. The van der Waals surface area contributed by atoms with Crippen molar-refractivity contribution in [2.45, 2.75) is 51.0 Å². The third-order valence-corrected chi connectivity index (χ3v) is 6.91. The summed E-state index contributed by atoms with van der Waals surface area (Å²) in [5.41, 5.74) is 1.35. The van der Waals surface area contributed by atoms with Crippen LogP contribution in [0.15, 0.2) is 34.2 Å². The molecule has 0 radical (unpaired) electrons. The predicted octanol–water partition coefficient (Wildman–Crippen LogP) is 3.21. The van der Waals surface area contributed by atoms with Crippen molar-refractivity contribution in [1.82, 2.24) is 14.9 Å². The molecule has 1 aromatic carbocycles. The van der Waals surface area contributed by atoms with Crippen molar-refractivity contribution in [3.05, 3.63) is 29.8 Å². The van der Waals surface area contributed by atoms with E-state index in [0.717, 1.165) is 24.6 Å². The molecule has 1 aliphatic heterocycles. The van der Waals surface area contributed by atoms with Crippen LogP contribution in [-0.4, -0.2) is 59.7 Å². The normalized spacial score (nSPS) is 20.0. The lowest BCUT2D eigenvalue weighted by Crippen LogP contribution is -2.49. The molecule has 1 atom stereocenters. The Morgan fingerprint density at radius 3 is 2.60 bits per heavy atom. The van der Waals surface area contributed by atoms with Gasteiger partial charge in [0, 0.05) is 40.3 Å². The van der Waals surface area contributed by atoms with Gasteiger partial charge in [0.05, 0.1) is 11.5 Å². The second kappa shape index (κ2) is 12.8. The van der Waals surface area contributed by atoms with E-state index in [9.17, 15) is 8.42 Å². The van der Waals surface area contributed by atoms with Crippen LogP contribution >= 0.6 is 24.0 Å². The summed E-state index contributed by atoms with van der Waals surface area (Å²) < 4.78 is 31.9. The molecule has 0 spiro atoms. The Morgan fingerprint density at radius 2 is 2.00 bits per heavy atom. The van der Waals surface area contributed by atoms with Crippen LogP contribution in [0.25, 0.3) is 0 Å². The summed E-state index contributed by atoms with van der Waals surface area (Å²) in [5, 5.41) is 3.43. The zero-order chi connectivity index (χ0) is 21.3. The van der Waals surface area contributed by atoms with Crippen molar-refractivity contribution >= 4 is 40.0 Å². The lowest BCUT2D eigenvalue weighted by molar-refractivity contribution is 0.142. The lowest BCUT2D eigenvalue weighted by Gasteiger charge is -2.42. The molecule has 0 aromatic heterocycles. The third kappa shape index (κ3) is 7.97. The number of likely N-dealkylation sites (tertiary alicyclic amines) is 1. The van der Waals surface area contributed by atoms with E-state index in [1.165, 1.54) is 32.8 Å². The Morgan fingerprint density at radius 1 is 1.30 bits per heavy atom. The first-order valence-electron chi connectivity index (χ1n) is 10.4. The van der Waals surface area contributed by atoms with E-state index in [-0.39, 0.29) is 35.4 Å².